The molecule has 25 heavy (non-hydrogen) atoms. The highest BCUT2D eigenvalue weighted by Gasteiger charge is 2.30. The fourth-order valence-corrected chi connectivity index (χ4v) is 4.72. The van der Waals surface area contributed by atoms with Crippen molar-refractivity contribution in [2.24, 2.45) is 0 Å². The van der Waals surface area contributed by atoms with Gasteiger partial charge in [-0.2, -0.15) is 0 Å². The van der Waals surface area contributed by atoms with Gasteiger partial charge in [-0.25, -0.2) is 13.2 Å². The standard InChI is InChI=1S/C18H24N2O4S/c1-3-25(22,23)14-8-10-20(11-9-14)18(21)19-12-17-13(2)15-6-4-5-7-16(15)24-17/h4-7,14H,3,8-12H2,1-2H3,(H,19,21). The van der Waals surface area contributed by atoms with Gasteiger partial charge in [0.15, 0.2) is 9.84 Å². The van der Waals surface area contributed by atoms with Crippen molar-refractivity contribution >= 4 is 26.8 Å². The smallest absolute Gasteiger partial charge is 0.317 e. The summed E-state index contributed by atoms with van der Waals surface area (Å²) < 4.78 is 29.7. The maximum absolute atomic E-state index is 12.3. The van der Waals surface area contributed by atoms with Crippen LogP contribution in [0.4, 0.5) is 4.79 Å². The second-order valence-electron chi connectivity index (χ2n) is 6.44. The van der Waals surface area contributed by atoms with E-state index in [1.54, 1.807) is 11.8 Å². The number of likely N-dealkylation sites (tertiary alicyclic amines) is 1. The van der Waals surface area contributed by atoms with E-state index in [-0.39, 0.29) is 17.0 Å². The van der Waals surface area contributed by atoms with Crippen LogP contribution < -0.4 is 5.32 Å². The second kappa shape index (κ2) is 7.07. The fourth-order valence-electron chi connectivity index (χ4n) is 3.31. The molecule has 0 saturated carbocycles. The molecule has 1 N–H and O–H groups in total. The number of hydrogen-bond acceptors (Lipinski definition) is 4. The average molecular weight is 364 g/mol. The number of rotatable bonds is 4. The number of nitrogens with zero attached hydrogens (tertiary/aromatic N) is 1. The van der Waals surface area contributed by atoms with Crippen molar-refractivity contribution in [1.82, 2.24) is 10.2 Å². The molecule has 1 fully saturated rings. The monoisotopic (exact) mass is 364 g/mol. The summed E-state index contributed by atoms with van der Waals surface area (Å²) in [5.74, 6) is 0.910. The van der Waals surface area contributed by atoms with Crippen LogP contribution in [0.3, 0.4) is 0 Å². The summed E-state index contributed by atoms with van der Waals surface area (Å²) in [6.07, 6.45) is 1.01. The third-order valence-electron chi connectivity index (χ3n) is 4.98. The van der Waals surface area contributed by atoms with Crippen molar-refractivity contribution in [1.29, 1.82) is 0 Å². The van der Waals surface area contributed by atoms with Gasteiger partial charge in [-0.05, 0) is 25.8 Å². The van der Waals surface area contributed by atoms with E-state index in [0.29, 0.717) is 32.5 Å². The molecule has 2 amide bonds. The lowest BCUT2D eigenvalue weighted by Gasteiger charge is -2.31. The van der Waals surface area contributed by atoms with Gasteiger partial charge in [0.05, 0.1) is 11.8 Å². The van der Waals surface area contributed by atoms with Crippen LogP contribution in [0.5, 0.6) is 0 Å². The number of carbonyl (C=O) groups is 1. The van der Waals surface area contributed by atoms with Gasteiger partial charge in [-0.15, -0.1) is 0 Å². The Balaban J connectivity index is 1.57. The molecule has 1 aliphatic heterocycles. The van der Waals surface area contributed by atoms with E-state index in [2.05, 4.69) is 5.32 Å². The van der Waals surface area contributed by atoms with Crippen LogP contribution in [0.25, 0.3) is 11.0 Å². The molecule has 2 heterocycles. The van der Waals surface area contributed by atoms with E-state index in [4.69, 9.17) is 4.42 Å². The highest BCUT2D eigenvalue weighted by atomic mass is 32.2. The Bertz CT molecular complexity index is 864. The van der Waals surface area contributed by atoms with Crippen molar-refractivity contribution in [3.8, 4) is 0 Å². The first-order valence-corrected chi connectivity index (χ1v) is 10.3. The molecule has 0 aliphatic carbocycles. The minimum absolute atomic E-state index is 0.162. The molecule has 0 unspecified atom stereocenters. The number of para-hydroxylation sites is 1. The van der Waals surface area contributed by atoms with Crippen LogP contribution in [0.15, 0.2) is 28.7 Å². The van der Waals surface area contributed by atoms with Gasteiger partial charge in [0.1, 0.15) is 11.3 Å². The van der Waals surface area contributed by atoms with E-state index in [0.717, 1.165) is 22.3 Å². The zero-order valence-corrected chi connectivity index (χ0v) is 15.4. The molecule has 1 aromatic heterocycles. The molecule has 7 heteroatoms. The van der Waals surface area contributed by atoms with Gasteiger partial charge in [-0.3, -0.25) is 0 Å². The molecule has 1 aromatic carbocycles. The third-order valence-corrected chi connectivity index (χ3v) is 7.27. The number of carbonyl (C=O) groups excluding carboxylic acids is 1. The van der Waals surface area contributed by atoms with E-state index < -0.39 is 9.84 Å². The Kier molecular flexibility index (Phi) is 5.03. The Morgan fingerprint density at radius 3 is 2.60 bits per heavy atom. The molecule has 136 valence electrons. The van der Waals surface area contributed by atoms with Gasteiger partial charge in [0, 0.05) is 29.8 Å². The molecule has 0 bridgehead atoms. The van der Waals surface area contributed by atoms with E-state index in [1.165, 1.54) is 0 Å². The number of amides is 2. The zero-order chi connectivity index (χ0) is 18.0. The highest BCUT2D eigenvalue weighted by Crippen LogP contribution is 2.25. The van der Waals surface area contributed by atoms with Crippen LogP contribution >= 0.6 is 0 Å². The minimum Gasteiger partial charge on any atom is -0.459 e. The first kappa shape index (κ1) is 17.8. The minimum atomic E-state index is -3.02. The number of aryl methyl sites for hydroxylation is 1. The first-order chi connectivity index (χ1) is 11.9. The summed E-state index contributed by atoms with van der Waals surface area (Å²) in [7, 11) is -3.02. The maximum atomic E-state index is 12.3. The number of benzene rings is 1. The first-order valence-electron chi connectivity index (χ1n) is 8.63. The van der Waals surface area contributed by atoms with Gasteiger partial charge < -0.3 is 14.6 Å². The van der Waals surface area contributed by atoms with Crippen LogP contribution in [-0.4, -0.2) is 43.4 Å². The molecule has 1 aliphatic rings. The van der Waals surface area contributed by atoms with Crippen molar-refractivity contribution < 1.29 is 17.6 Å². The fraction of sp³-hybridized carbons (Fsp3) is 0.500. The molecular weight excluding hydrogens is 340 g/mol. The quantitative estimate of drug-likeness (QED) is 0.905. The third kappa shape index (κ3) is 3.66. The summed E-state index contributed by atoms with van der Waals surface area (Å²) in [6.45, 7) is 4.91. The van der Waals surface area contributed by atoms with Gasteiger partial charge in [-0.1, -0.05) is 25.1 Å². The van der Waals surface area contributed by atoms with Crippen molar-refractivity contribution in [2.45, 2.75) is 38.5 Å². The normalized spacial score (nSPS) is 16.3. The SMILES string of the molecule is CCS(=O)(=O)C1CCN(C(=O)NCc2oc3ccccc3c2C)CC1. The number of piperidine rings is 1. The van der Waals surface area contributed by atoms with Gasteiger partial charge >= 0.3 is 6.03 Å². The van der Waals surface area contributed by atoms with Crippen LogP contribution in [0.1, 0.15) is 31.1 Å². The molecule has 0 spiro atoms. The van der Waals surface area contributed by atoms with Gasteiger partial charge in [0.2, 0.25) is 0 Å². The molecule has 3 rings (SSSR count). The summed E-state index contributed by atoms with van der Waals surface area (Å²) in [4.78, 5) is 14.0. The predicted molar refractivity (Wildman–Crippen MR) is 97.2 cm³/mol. The molecule has 2 aromatic rings. The Labute approximate surface area is 148 Å². The topological polar surface area (TPSA) is 79.6 Å². The number of fused-ring (bicyclic) bond motifs is 1. The Hall–Kier alpha value is -2.02. The number of nitrogens with one attached hydrogen (secondary N) is 1. The van der Waals surface area contributed by atoms with Crippen molar-refractivity contribution in [3.05, 3.63) is 35.6 Å². The number of furan rings is 1. The summed E-state index contributed by atoms with van der Waals surface area (Å²) >= 11 is 0. The molecule has 0 atom stereocenters. The van der Waals surface area contributed by atoms with E-state index in [1.807, 2.05) is 31.2 Å². The molecule has 1 saturated heterocycles. The summed E-state index contributed by atoms with van der Waals surface area (Å²) in [5, 5.41) is 3.61. The second-order valence-corrected chi connectivity index (χ2v) is 9.01. The lowest BCUT2D eigenvalue weighted by Crippen LogP contribution is -2.46. The van der Waals surface area contributed by atoms with Crippen molar-refractivity contribution in [3.63, 3.8) is 0 Å². The maximum Gasteiger partial charge on any atom is 0.317 e. The molecular formula is C18H24N2O4S. The van der Waals surface area contributed by atoms with Gasteiger partial charge in [0.25, 0.3) is 0 Å². The summed E-state index contributed by atoms with van der Waals surface area (Å²) in [5.41, 5.74) is 1.85. The Morgan fingerprint density at radius 2 is 1.96 bits per heavy atom. The number of hydrogen-bond donors (Lipinski definition) is 1. The lowest BCUT2D eigenvalue weighted by molar-refractivity contribution is 0.185. The predicted octanol–water partition coefficient (Wildman–Crippen LogP) is 2.85. The zero-order valence-electron chi connectivity index (χ0n) is 14.6. The van der Waals surface area contributed by atoms with E-state index in [9.17, 15) is 13.2 Å². The summed E-state index contributed by atoms with van der Waals surface area (Å²) in [6, 6.07) is 7.61. The average Bonchev–Trinajstić information content (AvgIpc) is 2.96. The van der Waals surface area contributed by atoms with E-state index >= 15 is 0 Å². The Morgan fingerprint density at radius 1 is 1.28 bits per heavy atom. The van der Waals surface area contributed by atoms with Crippen LogP contribution in [-0.2, 0) is 16.4 Å². The molecule has 0 radical (unpaired) electrons. The largest absolute Gasteiger partial charge is 0.459 e. The highest BCUT2D eigenvalue weighted by molar-refractivity contribution is 7.92. The number of sulfone groups is 1. The van der Waals surface area contributed by atoms with Crippen molar-refractivity contribution in [2.75, 3.05) is 18.8 Å². The molecule has 6 nitrogen and oxygen atoms in total. The number of urea groups is 1. The van der Waals surface area contributed by atoms with Crippen LogP contribution in [0, 0.1) is 6.92 Å². The van der Waals surface area contributed by atoms with Crippen LogP contribution in [0.2, 0.25) is 0 Å². The lowest BCUT2D eigenvalue weighted by atomic mass is 10.1.